The zero-order valence-corrected chi connectivity index (χ0v) is 17.4. The molecule has 0 saturated carbocycles. The number of amides is 1. The lowest BCUT2D eigenvalue weighted by Crippen LogP contribution is -2.29. The molecule has 0 radical (unpaired) electrons. The van der Waals surface area contributed by atoms with Gasteiger partial charge in [-0.25, -0.2) is 0 Å². The second-order valence-electron chi connectivity index (χ2n) is 6.91. The van der Waals surface area contributed by atoms with Crippen molar-refractivity contribution in [3.63, 3.8) is 0 Å². The minimum Gasteiger partial charge on any atom is -0.507 e. The van der Waals surface area contributed by atoms with Gasteiger partial charge in [-0.3, -0.25) is 14.5 Å². The van der Waals surface area contributed by atoms with Crippen LogP contribution >= 0.6 is 22.9 Å². The van der Waals surface area contributed by atoms with Crippen LogP contribution in [-0.2, 0) is 9.59 Å². The fraction of sp³-hybridized carbons (Fsp3) is 0.130. The number of rotatable bonds is 3. The van der Waals surface area contributed by atoms with Crippen LogP contribution in [0, 0.1) is 13.8 Å². The molecule has 4 nitrogen and oxygen atoms in total. The maximum atomic E-state index is 13.1. The van der Waals surface area contributed by atoms with E-state index in [2.05, 4.69) is 0 Å². The Kier molecular flexibility index (Phi) is 5.03. The second-order valence-corrected chi connectivity index (χ2v) is 8.33. The highest BCUT2D eigenvalue weighted by molar-refractivity contribution is 7.10. The molecule has 6 heteroatoms. The number of Topliss-reactive ketones (excluding diaryl/α,β-unsaturated/α-hetero) is 1. The van der Waals surface area contributed by atoms with Crippen molar-refractivity contribution in [2.24, 2.45) is 0 Å². The van der Waals surface area contributed by atoms with E-state index in [-0.39, 0.29) is 11.3 Å². The topological polar surface area (TPSA) is 57.6 Å². The van der Waals surface area contributed by atoms with E-state index in [1.807, 2.05) is 49.6 Å². The summed E-state index contributed by atoms with van der Waals surface area (Å²) in [5.74, 6) is -1.58. The fourth-order valence-corrected chi connectivity index (χ4v) is 4.60. The van der Waals surface area contributed by atoms with Gasteiger partial charge in [0.05, 0.1) is 5.57 Å². The van der Waals surface area contributed by atoms with Gasteiger partial charge in [0.25, 0.3) is 11.7 Å². The Morgan fingerprint density at radius 2 is 1.83 bits per heavy atom. The number of nitrogens with zero attached hydrogens (tertiary/aromatic N) is 1. The van der Waals surface area contributed by atoms with Crippen LogP contribution < -0.4 is 4.90 Å². The molecule has 1 unspecified atom stereocenters. The van der Waals surface area contributed by atoms with Crippen LogP contribution in [0.25, 0.3) is 5.76 Å². The lowest BCUT2D eigenvalue weighted by molar-refractivity contribution is -0.132. The maximum absolute atomic E-state index is 13.1. The number of aryl methyl sites for hydroxylation is 1. The normalized spacial score (nSPS) is 18.4. The van der Waals surface area contributed by atoms with Gasteiger partial charge in [-0.2, -0.15) is 0 Å². The molecule has 4 rings (SSSR count). The molecule has 0 bridgehead atoms. The number of halogens is 1. The van der Waals surface area contributed by atoms with E-state index in [1.54, 1.807) is 24.3 Å². The van der Waals surface area contributed by atoms with Crippen molar-refractivity contribution in [2.75, 3.05) is 4.90 Å². The number of ketones is 1. The first kappa shape index (κ1) is 19.4. The van der Waals surface area contributed by atoms with Crippen LogP contribution in [0.1, 0.15) is 27.6 Å². The highest BCUT2D eigenvalue weighted by Gasteiger charge is 2.47. The summed E-state index contributed by atoms with van der Waals surface area (Å²) in [5.41, 5.74) is 3.07. The maximum Gasteiger partial charge on any atom is 0.300 e. The Labute approximate surface area is 177 Å². The molecule has 0 aliphatic carbocycles. The van der Waals surface area contributed by atoms with E-state index < -0.39 is 17.7 Å². The lowest BCUT2D eigenvalue weighted by atomic mass is 9.99. The molecule has 3 aromatic rings. The minimum absolute atomic E-state index is 0.0700. The largest absolute Gasteiger partial charge is 0.507 e. The van der Waals surface area contributed by atoms with Crippen LogP contribution in [0.4, 0.5) is 5.69 Å². The SMILES string of the molecule is Cc1cccc(N2C(=O)C(=O)/C(=C(\O)c3cccc(Cl)c3)C2c2cccs2)c1C. The second kappa shape index (κ2) is 7.50. The number of thiophene rings is 1. The number of anilines is 1. The average Bonchev–Trinajstić information content (AvgIpc) is 3.31. The van der Waals surface area contributed by atoms with Gasteiger partial charge in [0, 0.05) is 21.2 Å². The van der Waals surface area contributed by atoms with Gasteiger partial charge in [0.2, 0.25) is 0 Å². The predicted molar refractivity (Wildman–Crippen MR) is 116 cm³/mol. The summed E-state index contributed by atoms with van der Waals surface area (Å²) in [6, 6.07) is 15.3. The Morgan fingerprint density at radius 1 is 1.07 bits per heavy atom. The Bertz CT molecular complexity index is 1150. The number of hydrogen-bond acceptors (Lipinski definition) is 4. The van der Waals surface area contributed by atoms with Crippen molar-refractivity contribution >= 4 is 46.1 Å². The van der Waals surface area contributed by atoms with Crippen molar-refractivity contribution in [2.45, 2.75) is 19.9 Å². The molecule has 2 aromatic carbocycles. The number of hydrogen-bond donors (Lipinski definition) is 1. The molecule has 1 N–H and O–H groups in total. The summed E-state index contributed by atoms with van der Waals surface area (Å²) in [4.78, 5) is 28.4. The molecule has 1 aliphatic heterocycles. The highest BCUT2D eigenvalue weighted by atomic mass is 35.5. The monoisotopic (exact) mass is 423 g/mol. The van der Waals surface area contributed by atoms with E-state index >= 15 is 0 Å². The van der Waals surface area contributed by atoms with Gasteiger partial charge in [-0.05, 0) is 54.6 Å². The highest BCUT2D eigenvalue weighted by Crippen LogP contribution is 2.44. The molecule has 1 saturated heterocycles. The van der Waals surface area contributed by atoms with E-state index in [4.69, 9.17) is 11.6 Å². The number of benzene rings is 2. The molecule has 0 spiro atoms. The molecule has 146 valence electrons. The fourth-order valence-electron chi connectivity index (χ4n) is 3.58. The zero-order valence-electron chi connectivity index (χ0n) is 15.8. The van der Waals surface area contributed by atoms with E-state index in [0.717, 1.165) is 16.0 Å². The molecular weight excluding hydrogens is 406 g/mol. The molecule has 29 heavy (non-hydrogen) atoms. The van der Waals surface area contributed by atoms with Gasteiger partial charge >= 0.3 is 0 Å². The molecule has 1 atom stereocenters. The van der Waals surface area contributed by atoms with E-state index in [0.29, 0.717) is 16.3 Å². The Morgan fingerprint density at radius 3 is 2.52 bits per heavy atom. The molecule has 1 fully saturated rings. The number of carbonyl (C=O) groups is 2. The van der Waals surface area contributed by atoms with Crippen LogP contribution in [0.2, 0.25) is 5.02 Å². The van der Waals surface area contributed by atoms with Gasteiger partial charge in [-0.15, -0.1) is 11.3 Å². The van der Waals surface area contributed by atoms with Crippen molar-refractivity contribution < 1.29 is 14.7 Å². The first-order valence-electron chi connectivity index (χ1n) is 9.06. The Balaban J connectivity index is 1.97. The summed E-state index contributed by atoms with van der Waals surface area (Å²) in [6.45, 7) is 3.88. The number of aliphatic hydroxyl groups excluding tert-OH is 1. The third-order valence-corrected chi connectivity index (χ3v) is 6.35. The first-order chi connectivity index (χ1) is 13.9. The van der Waals surface area contributed by atoms with E-state index in [1.165, 1.54) is 16.2 Å². The van der Waals surface area contributed by atoms with Crippen molar-refractivity contribution in [3.05, 3.63) is 92.1 Å². The zero-order chi connectivity index (χ0) is 20.7. The lowest BCUT2D eigenvalue weighted by Gasteiger charge is -2.26. The minimum atomic E-state index is -0.707. The van der Waals surface area contributed by atoms with Gasteiger partial charge in [-0.1, -0.05) is 41.9 Å². The van der Waals surface area contributed by atoms with Gasteiger partial charge < -0.3 is 5.11 Å². The van der Waals surface area contributed by atoms with Crippen molar-refractivity contribution in [1.29, 1.82) is 0 Å². The summed E-state index contributed by atoms with van der Waals surface area (Å²) < 4.78 is 0. The Hall–Kier alpha value is -2.89. The standard InChI is InChI=1S/C23H18ClNO3S/c1-13-6-3-9-17(14(13)2)25-20(18-10-5-11-29-18)19(22(27)23(25)28)21(26)15-7-4-8-16(24)12-15/h3-12,20,26H,1-2H3/b21-19-. The summed E-state index contributed by atoms with van der Waals surface area (Å²) >= 11 is 7.50. The summed E-state index contributed by atoms with van der Waals surface area (Å²) in [5, 5.41) is 13.3. The average molecular weight is 424 g/mol. The van der Waals surface area contributed by atoms with Crippen molar-refractivity contribution in [1.82, 2.24) is 0 Å². The molecule has 1 aliphatic rings. The predicted octanol–water partition coefficient (Wildman–Crippen LogP) is 5.64. The molecule has 1 amide bonds. The van der Waals surface area contributed by atoms with Gasteiger partial charge in [0.1, 0.15) is 11.8 Å². The molecule has 1 aromatic heterocycles. The van der Waals surface area contributed by atoms with E-state index in [9.17, 15) is 14.7 Å². The van der Waals surface area contributed by atoms with Crippen LogP contribution in [0.5, 0.6) is 0 Å². The van der Waals surface area contributed by atoms with Crippen LogP contribution in [-0.4, -0.2) is 16.8 Å². The van der Waals surface area contributed by atoms with Crippen LogP contribution in [0.15, 0.2) is 65.6 Å². The molecular formula is C23H18ClNO3S. The van der Waals surface area contributed by atoms with Crippen molar-refractivity contribution in [3.8, 4) is 0 Å². The van der Waals surface area contributed by atoms with Crippen LogP contribution in [0.3, 0.4) is 0 Å². The third kappa shape index (κ3) is 3.26. The third-order valence-electron chi connectivity index (χ3n) is 5.19. The molecule has 2 heterocycles. The number of carbonyl (C=O) groups excluding carboxylic acids is 2. The quantitative estimate of drug-likeness (QED) is 0.336. The smallest absolute Gasteiger partial charge is 0.300 e. The summed E-state index contributed by atoms with van der Waals surface area (Å²) in [6.07, 6.45) is 0. The number of aliphatic hydroxyl groups is 1. The van der Waals surface area contributed by atoms with Gasteiger partial charge in [0.15, 0.2) is 0 Å². The first-order valence-corrected chi connectivity index (χ1v) is 10.3. The summed E-state index contributed by atoms with van der Waals surface area (Å²) in [7, 11) is 0.